The molecule has 1 aliphatic carbocycles. The van der Waals surface area contributed by atoms with Crippen molar-refractivity contribution in [2.24, 2.45) is 5.92 Å². The van der Waals surface area contributed by atoms with Gasteiger partial charge in [0.1, 0.15) is 5.82 Å². The molecule has 1 saturated heterocycles. The van der Waals surface area contributed by atoms with Crippen LogP contribution in [0.1, 0.15) is 31.0 Å². The lowest BCUT2D eigenvalue weighted by Crippen LogP contribution is -2.22. The van der Waals surface area contributed by atoms with Crippen molar-refractivity contribution in [3.63, 3.8) is 0 Å². The number of aromatic amines is 1. The highest BCUT2D eigenvalue weighted by atomic mass is 79.9. The van der Waals surface area contributed by atoms with Crippen LogP contribution >= 0.6 is 39.5 Å². The van der Waals surface area contributed by atoms with Gasteiger partial charge in [-0.05, 0) is 48.5 Å². The summed E-state index contributed by atoms with van der Waals surface area (Å²) in [6.45, 7) is 0. The number of aromatic nitrogens is 2. The molecule has 2 N–H and O–H groups in total. The third-order valence-electron chi connectivity index (χ3n) is 4.99. The molecule has 4 rings (SSSR count). The lowest BCUT2D eigenvalue weighted by Gasteiger charge is -2.32. The Kier molecular flexibility index (Phi) is 4.90. The zero-order valence-electron chi connectivity index (χ0n) is 13.6. The maximum atomic E-state index is 11.9. The van der Waals surface area contributed by atoms with E-state index in [0.29, 0.717) is 0 Å². The van der Waals surface area contributed by atoms with Crippen molar-refractivity contribution in [3.8, 4) is 11.3 Å². The van der Waals surface area contributed by atoms with E-state index in [1.807, 2.05) is 54.0 Å². The van der Waals surface area contributed by atoms with Gasteiger partial charge in [0.15, 0.2) is 0 Å². The van der Waals surface area contributed by atoms with Crippen LogP contribution in [0.3, 0.4) is 0 Å². The van der Waals surface area contributed by atoms with E-state index >= 15 is 0 Å². The molecule has 2 atom stereocenters. The smallest absolute Gasteiger partial charge is 0.307 e. The summed E-state index contributed by atoms with van der Waals surface area (Å²) >= 11 is 7.35. The second-order valence-corrected chi connectivity index (χ2v) is 10.7. The van der Waals surface area contributed by atoms with Gasteiger partial charge in [-0.3, -0.25) is 4.79 Å². The summed E-state index contributed by atoms with van der Waals surface area (Å²) in [5, 5.41) is 9.75. The quantitative estimate of drug-likeness (QED) is 0.706. The van der Waals surface area contributed by atoms with Crippen LogP contribution in [-0.4, -0.2) is 36.6 Å². The SMILES string of the molecule is O=C(O)C1CC2(CC1c1ncc(-c3ccc(Br)cc3)[nH]1)SCCCS2. The number of H-pyrrole nitrogens is 1. The molecule has 7 heteroatoms. The van der Waals surface area contributed by atoms with Crippen LogP contribution in [0.2, 0.25) is 0 Å². The van der Waals surface area contributed by atoms with Crippen LogP contribution in [0.4, 0.5) is 0 Å². The van der Waals surface area contributed by atoms with Gasteiger partial charge in [0, 0.05) is 10.4 Å². The number of benzene rings is 1. The molecular formula is C18H19BrN2O2S2. The van der Waals surface area contributed by atoms with Gasteiger partial charge in [-0.25, -0.2) is 4.98 Å². The molecular weight excluding hydrogens is 420 g/mol. The van der Waals surface area contributed by atoms with E-state index in [-0.39, 0.29) is 15.9 Å². The van der Waals surface area contributed by atoms with Crippen LogP contribution in [0.15, 0.2) is 34.9 Å². The molecule has 2 aliphatic rings. The van der Waals surface area contributed by atoms with E-state index < -0.39 is 5.97 Å². The zero-order valence-corrected chi connectivity index (χ0v) is 16.8. The Balaban J connectivity index is 1.61. The Morgan fingerprint density at radius 2 is 1.96 bits per heavy atom. The topological polar surface area (TPSA) is 66.0 Å². The number of carboxylic acids is 1. The van der Waals surface area contributed by atoms with E-state index in [1.165, 1.54) is 6.42 Å². The fraction of sp³-hybridized carbons (Fsp3) is 0.444. The number of nitrogens with zero attached hydrogens (tertiary/aromatic N) is 1. The average Bonchev–Trinajstić information content (AvgIpc) is 3.22. The van der Waals surface area contributed by atoms with E-state index in [4.69, 9.17) is 0 Å². The van der Waals surface area contributed by atoms with Crippen molar-refractivity contribution in [1.82, 2.24) is 9.97 Å². The Bertz CT molecular complexity index is 772. The van der Waals surface area contributed by atoms with Gasteiger partial charge in [-0.1, -0.05) is 28.1 Å². The normalized spacial score (nSPS) is 25.3. The molecule has 25 heavy (non-hydrogen) atoms. The largest absolute Gasteiger partial charge is 0.481 e. The van der Waals surface area contributed by atoms with Crippen molar-refractivity contribution in [2.75, 3.05) is 11.5 Å². The molecule has 1 saturated carbocycles. The highest BCUT2D eigenvalue weighted by Gasteiger charge is 2.51. The fourth-order valence-corrected chi connectivity index (χ4v) is 7.53. The molecule has 2 aromatic rings. The number of nitrogens with one attached hydrogen (secondary N) is 1. The van der Waals surface area contributed by atoms with Gasteiger partial charge >= 0.3 is 5.97 Å². The first-order valence-electron chi connectivity index (χ1n) is 8.38. The fourth-order valence-electron chi connectivity index (χ4n) is 3.74. The van der Waals surface area contributed by atoms with Gasteiger partial charge in [0.05, 0.1) is 21.9 Å². The number of rotatable bonds is 3. The molecule has 4 nitrogen and oxygen atoms in total. The summed E-state index contributed by atoms with van der Waals surface area (Å²) in [5.41, 5.74) is 2.00. The minimum atomic E-state index is -0.699. The van der Waals surface area contributed by atoms with Crippen LogP contribution in [0, 0.1) is 5.92 Å². The molecule has 0 bridgehead atoms. The first kappa shape index (κ1) is 17.5. The summed E-state index contributed by atoms with van der Waals surface area (Å²) in [4.78, 5) is 19.8. The number of halogens is 1. The summed E-state index contributed by atoms with van der Waals surface area (Å²) in [7, 11) is 0. The Morgan fingerprint density at radius 1 is 1.24 bits per heavy atom. The Morgan fingerprint density at radius 3 is 2.64 bits per heavy atom. The minimum Gasteiger partial charge on any atom is -0.481 e. The number of carboxylic acid groups (broad SMARTS) is 1. The third-order valence-corrected chi connectivity index (χ3v) is 8.93. The van der Waals surface area contributed by atoms with Crippen LogP contribution in [0.25, 0.3) is 11.3 Å². The number of imidazole rings is 1. The van der Waals surface area contributed by atoms with Crippen molar-refractivity contribution in [3.05, 3.63) is 40.8 Å². The summed E-state index contributed by atoms with van der Waals surface area (Å²) in [6, 6.07) is 8.05. The standard InChI is InChI=1S/C18H19BrN2O2S2/c19-12-4-2-11(3-5-12)15-10-20-16(21-15)13-8-18(9-14(13)17(22)23)24-6-1-7-25-18/h2-5,10,13-14H,1,6-9H2,(H,20,21)(H,22,23). The van der Waals surface area contributed by atoms with Crippen molar-refractivity contribution in [2.45, 2.75) is 29.3 Å². The van der Waals surface area contributed by atoms with E-state index in [0.717, 1.165) is 45.9 Å². The van der Waals surface area contributed by atoms with Crippen LogP contribution < -0.4 is 0 Å². The molecule has 2 heterocycles. The van der Waals surface area contributed by atoms with Crippen molar-refractivity contribution >= 4 is 45.4 Å². The maximum Gasteiger partial charge on any atom is 0.307 e. The van der Waals surface area contributed by atoms with Gasteiger partial charge < -0.3 is 10.1 Å². The molecule has 1 aliphatic heterocycles. The Labute approximate surface area is 163 Å². The summed E-state index contributed by atoms with van der Waals surface area (Å²) in [5.74, 6) is 1.98. The Hall–Kier alpha value is -0.920. The van der Waals surface area contributed by atoms with Crippen molar-refractivity contribution < 1.29 is 9.90 Å². The van der Waals surface area contributed by atoms with Gasteiger partial charge in [0.25, 0.3) is 0 Å². The van der Waals surface area contributed by atoms with E-state index in [9.17, 15) is 9.90 Å². The monoisotopic (exact) mass is 438 g/mol. The molecule has 0 radical (unpaired) electrons. The molecule has 1 aromatic carbocycles. The number of aliphatic carboxylic acids is 1. The predicted molar refractivity (Wildman–Crippen MR) is 107 cm³/mol. The van der Waals surface area contributed by atoms with E-state index in [1.54, 1.807) is 0 Å². The summed E-state index contributed by atoms with van der Waals surface area (Å²) in [6.07, 6.45) is 4.65. The molecule has 2 fully saturated rings. The molecule has 2 unspecified atom stereocenters. The van der Waals surface area contributed by atoms with Crippen molar-refractivity contribution in [1.29, 1.82) is 0 Å². The average molecular weight is 439 g/mol. The number of hydrogen-bond acceptors (Lipinski definition) is 4. The first-order valence-corrected chi connectivity index (χ1v) is 11.1. The van der Waals surface area contributed by atoms with Gasteiger partial charge in [0.2, 0.25) is 0 Å². The van der Waals surface area contributed by atoms with Gasteiger partial charge in [-0.2, -0.15) is 0 Å². The first-order chi connectivity index (χ1) is 12.1. The summed E-state index contributed by atoms with van der Waals surface area (Å²) < 4.78 is 1.09. The number of thioether (sulfide) groups is 2. The van der Waals surface area contributed by atoms with Crippen LogP contribution in [0.5, 0.6) is 0 Å². The maximum absolute atomic E-state index is 11.9. The minimum absolute atomic E-state index is 0.0419. The van der Waals surface area contributed by atoms with Gasteiger partial charge in [-0.15, -0.1) is 23.5 Å². The molecule has 132 valence electrons. The zero-order chi connectivity index (χ0) is 17.4. The third kappa shape index (κ3) is 3.51. The highest BCUT2D eigenvalue weighted by molar-refractivity contribution is 9.10. The lowest BCUT2D eigenvalue weighted by molar-refractivity contribution is -0.142. The molecule has 0 amide bonds. The highest BCUT2D eigenvalue weighted by Crippen LogP contribution is 2.59. The predicted octanol–water partition coefficient (Wildman–Crippen LogP) is 4.98. The lowest BCUT2D eigenvalue weighted by atomic mass is 9.96. The second-order valence-electron chi connectivity index (χ2n) is 6.61. The number of hydrogen-bond donors (Lipinski definition) is 2. The van der Waals surface area contributed by atoms with Crippen LogP contribution in [-0.2, 0) is 4.79 Å². The molecule has 1 spiro atoms. The van der Waals surface area contributed by atoms with E-state index in [2.05, 4.69) is 25.9 Å². The molecule has 1 aromatic heterocycles. The second kappa shape index (κ2) is 7.00. The number of carbonyl (C=O) groups is 1.